The molecule has 0 spiro atoms. The van der Waals surface area contributed by atoms with Crippen molar-refractivity contribution < 1.29 is 9.90 Å². The summed E-state index contributed by atoms with van der Waals surface area (Å²) in [4.78, 5) is 33.7. The van der Waals surface area contributed by atoms with Gasteiger partial charge in [-0.15, -0.1) is 0 Å². The maximum atomic E-state index is 13.1. The second kappa shape index (κ2) is 7.13. The Labute approximate surface area is 168 Å². The average molecular weight is 395 g/mol. The Morgan fingerprint density at radius 1 is 1.31 bits per heavy atom. The number of piperidine rings is 1. The number of likely N-dealkylation sites (N-methyl/N-ethyl adjacent to an activating group) is 1. The molecule has 3 aromatic rings. The summed E-state index contributed by atoms with van der Waals surface area (Å²) in [5, 5.41) is 14.4. The molecule has 3 heterocycles. The van der Waals surface area contributed by atoms with Crippen LogP contribution in [0, 0.1) is 6.92 Å². The van der Waals surface area contributed by atoms with Crippen molar-refractivity contribution in [3.63, 3.8) is 0 Å². The number of aromatic amines is 1. The highest BCUT2D eigenvalue weighted by molar-refractivity contribution is 5.94. The molecule has 2 aromatic heterocycles. The maximum absolute atomic E-state index is 13.1. The Morgan fingerprint density at radius 2 is 2.03 bits per heavy atom. The van der Waals surface area contributed by atoms with Crippen molar-refractivity contribution in [3.05, 3.63) is 69.8 Å². The van der Waals surface area contributed by atoms with E-state index in [1.54, 1.807) is 11.0 Å². The fourth-order valence-corrected chi connectivity index (χ4v) is 4.16. The Hall–Kier alpha value is -2.97. The first-order valence-electron chi connectivity index (χ1n) is 9.62. The molecule has 8 heteroatoms. The molecule has 152 valence electrons. The number of aryl methyl sites for hydroxylation is 1. The number of hydrogen-bond donors (Lipinski definition) is 2. The zero-order chi connectivity index (χ0) is 20.8. The maximum Gasteiger partial charge on any atom is 0.285 e. The molecule has 0 bridgehead atoms. The number of amides is 1. The molecule has 8 nitrogen and oxygen atoms in total. The van der Waals surface area contributed by atoms with Crippen molar-refractivity contribution >= 4 is 11.6 Å². The van der Waals surface area contributed by atoms with E-state index in [1.807, 2.05) is 56.3 Å². The van der Waals surface area contributed by atoms with Crippen LogP contribution in [0.1, 0.15) is 28.0 Å². The van der Waals surface area contributed by atoms with Crippen LogP contribution in [-0.4, -0.2) is 68.6 Å². The van der Waals surface area contributed by atoms with Gasteiger partial charge >= 0.3 is 0 Å². The first-order valence-corrected chi connectivity index (χ1v) is 9.62. The van der Waals surface area contributed by atoms with Crippen LogP contribution >= 0.6 is 0 Å². The summed E-state index contributed by atoms with van der Waals surface area (Å²) in [6, 6.07) is 11.0. The van der Waals surface area contributed by atoms with Gasteiger partial charge in [0.1, 0.15) is 11.2 Å². The van der Waals surface area contributed by atoms with Crippen LogP contribution in [0.2, 0.25) is 0 Å². The van der Waals surface area contributed by atoms with E-state index in [1.165, 1.54) is 10.7 Å². The van der Waals surface area contributed by atoms with Gasteiger partial charge in [-0.25, -0.2) is 9.50 Å². The van der Waals surface area contributed by atoms with Crippen molar-refractivity contribution in [1.82, 2.24) is 24.4 Å². The number of carbonyl (C=O) groups excluding carboxylic acids is 1. The smallest absolute Gasteiger partial charge is 0.285 e. The predicted octanol–water partition coefficient (Wildman–Crippen LogP) is 0.995. The van der Waals surface area contributed by atoms with Crippen LogP contribution in [0.5, 0.6) is 0 Å². The summed E-state index contributed by atoms with van der Waals surface area (Å²) in [6.07, 6.45) is 1.72. The van der Waals surface area contributed by atoms with E-state index < -0.39 is 11.2 Å². The molecule has 1 saturated heterocycles. The number of likely N-dealkylation sites (tertiary alicyclic amines) is 1. The molecule has 1 amide bonds. The summed E-state index contributed by atoms with van der Waals surface area (Å²) in [6.45, 7) is 2.48. The SMILES string of the molecule is Cc1cc2ncc(C(=O)N3CC[C@](O)(c4ccccc4)[C@H](N(C)C)C3)c(=O)n2[nH]1. The first-order chi connectivity index (χ1) is 13.8. The highest BCUT2D eigenvalue weighted by Crippen LogP contribution is 2.35. The predicted molar refractivity (Wildman–Crippen MR) is 109 cm³/mol. The molecule has 0 aliphatic carbocycles. The second-order valence-electron chi connectivity index (χ2n) is 7.88. The monoisotopic (exact) mass is 395 g/mol. The molecular weight excluding hydrogens is 370 g/mol. The molecule has 1 aliphatic rings. The van der Waals surface area contributed by atoms with Gasteiger partial charge in [-0.1, -0.05) is 30.3 Å². The number of hydrogen-bond acceptors (Lipinski definition) is 5. The lowest BCUT2D eigenvalue weighted by Gasteiger charge is -2.47. The van der Waals surface area contributed by atoms with Crippen LogP contribution in [-0.2, 0) is 5.60 Å². The zero-order valence-electron chi connectivity index (χ0n) is 16.8. The number of nitrogens with zero attached hydrogens (tertiary/aromatic N) is 4. The van der Waals surface area contributed by atoms with E-state index in [0.717, 1.165) is 11.3 Å². The highest BCUT2D eigenvalue weighted by Gasteiger charge is 2.45. The third-order valence-electron chi connectivity index (χ3n) is 5.74. The number of fused-ring (bicyclic) bond motifs is 1. The molecule has 4 rings (SSSR count). The van der Waals surface area contributed by atoms with Crippen LogP contribution in [0.3, 0.4) is 0 Å². The minimum absolute atomic E-state index is 0.0204. The van der Waals surface area contributed by atoms with E-state index >= 15 is 0 Å². The third-order valence-corrected chi connectivity index (χ3v) is 5.74. The third kappa shape index (κ3) is 3.24. The number of H-pyrrole nitrogens is 1. The number of nitrogens with one attached hydrogen (secondary N) is 1. The summed E-state index contributed by atoms with van der Waals surface area (Å²) in [5.74, 6) is -0.369. The fourth-order valence-electron chi connectivity index (χ4n) is 4.16. The van der Waals surface area contributed by atoms with Gasteiger partial charge in [0.2, 0.25) is 0 Å². The van der Waals surface area contributed by atoms with Gasteiger partial charge in [0.05, 0.1) is 6.04 Å². The van der Waals surface area contributed by atoms with E-state index in [4.69, 9.17) is 0 Å². The van der Waals surface area contributed by atoms with Crippen LogP contribution in [0.4, 0.5) is 0 Å². The quantitative estimate of drug-likeness (QED) is 0.690. The van der Waals surface area contributed by atoms with Crippen molar-refractivity contribution in [1.29, 1.82) is 0 Å². The number of aromatic nitrogens is 3. The molecule has 1 aromatic carbocycles. The number of rotatable bonds is 3. The van der Waals surface area contributed by atoms with Gasteiger partial charge in [-0.05, 0) is 33.0 Å². The second-order valence-corrected chi connectivity index (χ2v) is 7.88. The van der Waals surface area contributed by atoms with Gasteiger partial charge in [0.15, 0.2) is 5.65 Å². The Kier molecular flexibility index (Phi) is 4.76. The molecule has 1 fully saturated rings. The van der Waals surface area contributed by atoms with Gasteiger partial charge < -0.3 is 14.9 Å². The van der Waals surface area contributed by atoms with Crippen molar-refractivity contribution in [2.75, 3.05) is 27.2 Å². The fraction of sp³-hybridized carbons (Fsp3) is 0.381. The molecule has 0 unspecified atom stereocenters. The summed E-state index contributed by atoms with van der Waals surface area (Å²) in [5.41, 5.74) is 0.626. The molecule has 2 atom stereocenters. The normalized spacial score (nSPS) is 22.4. The molecular formula is C21H25N5O3. The van der Waals surface area contributed by atoms with Crippen LogP contribution in [0.25, 0.3) is 5.65 Å². The van der Waals surface area contributed by atoms with Crippen molar-refractivity contribution in [2.24, 2.45) is 0 Å². The van der Waals surface area contributed by atoms with Crippen LogP contribution < -0.4 is 5.56 Å². The van der Waals surface area contributed by atoms with E-state index in [9.17, 15) is 14.7 Å². The number of benzene rings is 1. The Balaban J connectivity index is 1.65. The first kappa shape index (κ1) is 19.4. The highest BCUT2D eigenvalue weighted by atomic mass is 16.3. The summed E-state index contributed by atoms with van der Waals surface area (Å²) < 4.78 is 1.29. The standard InChI is InChI=1S/C21H25N5O3/c1-14-11-18-22-12-16(20(28)26(18)23-14)19(27)25-10-9-21(29,17(13-25)24(2)3)15-7-5-4-6-8-15/h4-8,11-12,17,23,29H,9-10,13H2,1-3H3/t17-,21+/m1/s1. The van der Waals surface area contributed by atoms with Gasteiger partial charge in [0.25, 0.3) is 11.5 Å². The van der Waals surface area contributed by atoms with E-state index in [0.29, 0.717) is 25.2 Å². The van der Waals surface area contributed by atoms with Gasteiger partial charge in [0, 0.05) is 31.0 Å². The van der Waals surface area contributed by atoms with Crippen molar-refractivity contribution in [3.8, 4) is 0 Å². The Bertz CT molecular complexity index is 1100. The lowest BCUT2D eigenvalue weighted by atomic mass is 9.79. The topological polar surface area (TPSA) is 93.9 Å². The number of aliphatic hydroxyl groups is 1. The molecule has 2 N–H and O–H groups in total. The molecule has 0 radical (unpaired) electrons. The molecule has 29 heavy (non-hydrogen) atoms. The zero-order valence-corrected chi connectivity index (χ0v) is 16.8. The lowest BCUT2D eigenvalue weighted by Crippen LogP contribution is -2.60. The average Bonchev–Trinajstić information content (AvgIpc) is 3.10. The van der Waals surface area contributed by atoms with E-state index in [2.05, 4.69) is 10.1 Å². The largest absolute Gasteiger partial charge is 0.383 e. The number of carbonyl (C=O) groups is 1. The van der Waals surface area contributed by atoms with Crippen molar-refractivity contribution in [2.45, 2.75) is 25.0 Å². The minimum Gasteiger partial charge on any atom is -0.383 e. The molecule has 1 aliphatic heterocycles. The summed E-state index contributed by atoms with van der Waals surface area (Å²) >= 11 is 0. The minimum atomic E-state index is -1.07. The van der Waals surface area contributed by atoms with Gasteiger partial charge in [-0.2, -0.15) is 0 Å². The lowest BCUT2D eigenvalue weighted by molar-refractivity contribution is -0.0810. The van der Waals surface area contributed by atoms with Crippen LogP contribution in [0.15, 0.2) is 47.4 Å². The molecule has 0 saturated carbocycles. The van der Waals surface area contributed by atoms with E-state index in [-0.39, 0.29) is 17.5 Å². The Morgan fingerprint density at radius 3 is 2.72 bits per heavy atom. The van der Waals surface area contributed by atoms with Gasteiger partial charge in [-0.3, -0.25) is 14.7 Å². The summed E-state index contributed by atoms with van der Waals surface area (Å²) in [7, 11) is 3.77.